The molecule has 1 aliphatic rings. The first-order valence-corrected chi connectivity index (χ1v) is 8.70. The van der Waals surface area contributed by atoms with E-state index in [1.807, 2.05) is 24.4 Å². The molecular formula is C19H22ClN3O. The summed E-state index contributed by atoms with van der Waals surface area (Å²) in [6.45, 7) is 5.83. The Bertz CT molecular complexity index is 675. The van der Waals surface area contributed by atoms with Gasteiger partial charge in [0.25, 0.3) is 0 Å². The minimum Gasteiger partial charge on any atom is -0.354 e. The zero-order valence-electron chi connectivity index (χ0n) is 13.9. The van der Waals surface area contributed by atoms with E-state index < -0.39 is 0 Å². The molecule has 1 aliphatic heterocycles. The molecule has 0 N–H and O–H groups in total. The van der Waals surface area contributed by atoms with Crippen LogP contribution in [-0.4, -0.2) is 47.9 Å². The largest absolute Gasteiger partial charge is 0.354 e. The summed E-state index contributed by atoms with van der Waals surface area (Å²) in [6.07, 6.45) is 2.37. The third-order valence-electron chi connectivity index (χ3n) is 4.53. The number of Topliss-reactive ketones (excluding diaryl/α,β-unsaturated/α-hetero) is 1. The number of halogens is 1. The van der Waals surface area contributed by atoms with Crippen LogP contribution in [0.5, 0.6) is 0 Å². The molecule has 0 amide bonds. The van der Waals surface area contributed by atoms with E-state index in [9.17, 15) is 4.79 Å². The summed E-state index contributed by atoms with van der Waals surface area (Å²) >= 11 is 5.87. The molecule has 4 nitrogen and oxygen atoms in total. The second-order valence-electron chi connectivity index (χ2n) is 6.20. The Kier molecular flexibility index (Phi) is 5.48. The van der Waals surface area contributed by atoms with Crippen molar-refractivity contribution in [3.05, 3.63) is 59.2 Å². The lowest BCUT2D eigenvalue weighted by atomic mass is 10.1. The van der Waals surface area contributed by atoms with E-state index in [2.05, 4.69) is 21.7 Å². The summed E-state index contributed by atoms with van der Waals surface area (Å²) < 4.78 is 0. The number of anilines is 1. The predicted octanol–water partition coefficient (Wildman–Crippen LogP) is 3.52. The lowest BCUT2D eigenvalue weighted by Crippen LogP contribution is -2.52. The number of carbonyl (C=O) groups excluding carboxylic acids is 1. The molecule has 126 valence electrons. The van der Waals surface area contributed by atoms with Crippen LogP contribution in [0.25, 0.3) is 0 Å². The van der Waals surface area contributed by atoms with Crippen molar-refractivity contribution in [2.45, 2.75) is 19.4 Å². The fourth-order valence-electron chi connectivity index (χ4n) is 3.10. The lowest BCUT2D eigenvalue weighted by molar-refractivity contribution is 0.0948. The van der Waals surface area contributed by atoms with Gasteiger partial charge >= 0.3 is 0 Å². The number of carbonyl (C=O) groups is 1. The van der Waals surface area contributed by atoms with Gasteiger partial charge in [-0.15, -0.1) is 0 Å². The molecule has 5 heteroatoms. The number of hydrogen-bond donors (Lipinski definition) is 0. The molecule has 1 atom stereocenters. The maximum Gasteiger partial charge on any atom is 0.164 e. The summed E-state index contributed by atoms with van der Waals surface area (Å²) in [5.41, 5.74) is 0.735. The quantitative estimate of drug-likeness (QED) is 0.778. The first-order valence-electron chi connectivity index (χ1n) is 8.32. The molecular weight excluding hydrogens is 322 g/mol. The van der Waals surface area contributed by atoms with Gasteiger partial charge in [-0.1, -0.05) is 17.7 Å². The van der Waals surface area contributed by atoms with E-state index in [0.29, 0.717) is 17.5 Å². The van der Waals surface area contributed by atoms with Crippen molar-refractivity contribution in [2.24, 2.45) is 0 Å². The molecule has 2 heterocycles. The van der Waals surface area contributed by atoms with Crippen LogP contribution in [0.3, 0.4) is 0 Å². The molecule has 1 saturated heterocycles. The van der Waals surface area contributed by atoms with Crippen molar-refractivity contribution < 1.29 is 4.79 Å². The normalized spacial score (nSPS) is 18.6. The highest BCUT2D eigenvalue weighted by atomic mass is 35.5. The molecule has 1 aromatic heterocycles. The van der Waals surface area contributed by atoms with Crippen molar-refractivity contribution in [3.8, 4) is 0 Å². The molecule has 0 saturated carbocycles. The number of hydrogen-bond acceptors (Lipinski definition) is 4. The third kappa shape index (κ3) is 4.13. The van der Waals surface area contributed by atoms with E-state index in [4.69, 9.17) is 11.6 Å². The van der Waals surface area contributed by atoms with Crippen LogP contribution in [0.15, 0.2) is 48.7 Å². The Balaban J connectivity index is 1.52. The SMILES string of the molecule is C[C@H]1CN(c2ccccn2)CCN1CCC(=O)c1ccc(Cl)cc1. The number of nitrogens with zero attached hydrogens (tertiary/aromatic N) is 3. The highest BCUT2D eigenvalue weighted by Crippen LogP contribution is 2.17. The molecule has 1 aromatic carbocycles. The van der Waals surface area contributed by atoms with Gasteiger partial charge in [0.05, 0.1) is 0 Å². The summed E-state index contributed by atoms with van der Waals surface area (Å²) in [5.74, 6) is 1.20. The average molecular weight is 344 g/mol. The van der Waals surface area contributed by atoms with Crippen molar-refractivity contribution >= 4 is 23.2 Å². The van der Waals surface area contributed by atoms with E-state index in [0.717, 1.165) is 37.6 Å². The fourth-order valence-corrected chi connectivity index (χ4v) is 3.23. The molecule has 1 fully saturated rings. The molecule has 0 spiro atoms. The van der Waals surface area contributed by atoms with Gasteiger partial charge in [-0.2, -0.15) is 0 Å². The van der Waals surface area contributed by atoms with Crippen molar-refractivity contribution in [3.63, 3.8) is 0 Å². The lowest BCUT2D eigenvalue weighted by Gasteiger charge is -2.40. The summed E-state index contributed by atoms with van der Waals surface area (Å²) in [4.78, 5) is 21.4. The number of rotatable bonds is 5. The number of pyridine rings is 1. The molecule has 0 unspecified atom stereocenters. The van der Waals surface area contributed by atoms with Gasteiger partial charge in [0.1, 0.15) is 5.82 Å². The zero-order valence-corrected chi connectivity index (χ0v) is 14.6. The van der Waals surface area contributed by atoms with Crippen LogP contribution in [0, 0.1) is 0 Å². The van der Waals surface area contributed by atoms with Crippen molar-refractivity contribution in [2.75, 3.05) is 31.1 Å². The summed E-state index contributed by atoms with van der Waals surface area (Å²) in [6, 6.07) is 13.5. The highest BCUT2D eigenvalue weighted by molar-refractivity contribution is 6.30. The third-order valence-corrected chi connectivity index (χ3v) is 4.78. The second kappa shape index (κ2) is 7.77. The van der Waals surface area contributed by atoms with E-state index in [-0.39, 0.29) is 5.78 Å². The average Bonchev–Trinajstić information content (AvgIpc) is 2.62. The Hall–Kier alpha value is -1.91. The molecule has 0 bridgehead atoms. The van der Waals surface area contributed by atoms with Gasteiger partial charge in [0, 0.05) is 55.4 Å². The number of aromatic nitrogens is 1. The maximum atomic E-state index is 12.3. The predicted molar refractivity (Wildman–Crippen MR) is 97.9 cm³/mol. The van der Waals surface area contributed by atoms with Crippen LogP contribution in [0.2, 0.25) is 5.02 Å². The van der Waals surface area contributed by atoms with E-state index in [1.165, 1.54) is 0 Å². The van der Waals surface area contributed by atoms with Crippen molar-refractivity contribution in [1.82, 2.24) is 9.88 Å². The number of benzene rings is 1. The standard InChI is InChI=1S/C19H22ClN3O/c1-15-14-23(19-4-2-3-10-21-19)13-12-22(15)11-9-18(24)16-5-7-17(20)8-6-16/h2-8,10,15H,9,11-14H2,1H3/t15-/m0/s1. The Morgan fingerprint density at radius 1 is 1.21 bits per heavy atom. The smallest absolute Gasteiger partial charge is 0.164 e. The van der Waals surface area contributed by atoms with Gasteiger partial charge in [0.2, 0.25) is 0 Å². The fraction of sp³-hybridized carbons (Fsp3) is 0.368. The number of piperazine rings is 1. The number of ketones is 1. The first kappa shape index (κ1) is 16.9. The van der Waals surface area contributed by atoms with Gasteiger partial charge in [-0.3, -0.25) is 9.69 Å². The van der Waals surface area contributed by atoms with Gasteiger partial charge in [-0.05, 0) is 43.3 Å². The van der Waals surface area contributed by atoms with Crippen molar-refractivity contribution in [1.29, 1.82) is 0 Å². The van der Waals surface area contributed by atoms with Crippen LogP contribution in [0.1, 0.15) is 23.7 Å². The Morgan fingerprint density at radius 2 is 2.00 bits per heavy atom. The zero-order chi connectivity index (χ0) is 16.9. The minimum atomic E-state index is 0.172. The first-order chi connectivity index (χ1) is 11.6. The maximum absolute atomic E-state index is 12.3. The van der Waals surface area contributed by atoms with Crippen LogP contribution in [-0.2, 0) is 0 Å². The monoisotopic (exact) mass is 343 g/mol. The molecule has 3 rings (SSSR count). The van der Waals surface area contributed by atoms with E-state index in [1.54, 1.807) is 24.3 Å². The molecule has 0 radical (unpaired) electrons. The van der Waals surface area contributed by atoms with Crippen LogP contribution >= 0.6 is 11.6 Å². The van der Waals surface area contributed by atoms with E-state index >= 15 is 0 Å². The second-order valence-corrected chi connectivity index (χ2v) is 6.64. The van der Waals surface area contributed by atoms with Gasteiger partial charge in [0.15, 0.2) is 5.78 Å². The van der Waals surface area contributed by atoms with Crippen LogP contribution in [0.4, 0.5) is 5.82 Å². The molecule has 24 heavy (non-hydrogen) atoms. The summed E-state index contributed by atoms with van der Waals surface area (Å²) in [5, 5.41) is 0.658. The highest BCUT2D eigenvalue weighted by Gasteiger charge is 2.24. The molecule has 0 aliphatic carbocycles. The van der Waals surface area contributed by atoms with Crippen LogP contribution < -0.4 is 4.90 Å². The Labute approximate surface area is 148 Å². The summed E-state index contributed by atoms with van der Waals surface area (Å²) in [7, 11) is 0. The van der Waals surface area contributed by atoms with Gasteiger partial charge in [-0.25, -0.2) is 4.98 Å². The van der Waals surface area contributed by atoms with Gasteiger partial charge < -0.3 is 4.90 Å². The minimum absolute atomic E-state index is 0.172. The Morgan fingerprint density at radius 3 is 2.67 bits per heavy atom. The topological polar surface area (TPSA) is 36.4 Å². The molecule has 2 aromatic rings.